The summed E-state index contributed by atoms with van der Waals surface area (Å²) >= 11 is 0. The molecule has 0 bridgehead atoms. The number of piperidine rings is 1. The average Bonchev–Trinajstić information content (AvgIpc) is 2.94. The van der Waals surface area contributed by atoms with Gasteiger partial charge < -0.3 is 10.1 Å². The summed E-state index contributed by atoms with van der Waals surface area (Å²) in [6.07, 6.45) is 7.08. The Morgan fingerprint density at radius 3 is 2.79 bits per heavy atom. The molecule has 0 saturated carbocycles. The van der Waals surface area contributed by atoms with Gasteiger partial charge in [0.05, 0.1) is 6.61 Å². The summed E-state index contributed by atoms with van der Waals surface area (Å²) < 4.78 is 5.26. The molecular weight excluding hydrogens is 240 g/mol. The Kier molecular flexibility index (Phi) is 5.64. The van der Waals surface area contributed by atoms with E-state index in [1.807, 2.05) is 6.92 Å². The van der Waals surface area contributed by atoms with Crippen LogP contribution in [0.2, 0.25) is 0 Å². The highest BCUT2D eigenvalue weighted by molar-refractivity contribution is 5.75. The highest BCUT2D eigenvalue weighted by atomic mass is 16.5. The minimum Gasteiger partial charge on any atom is -0.465 e. The number of nitrogens with zero attached hydrogens (tertiary/aromatic N) is 1. The molecule has 4 nitrogen and oxygen atoms in total. The van der Waals surface area contributed by atoms with Crippen molar-refractivity contribution in [2.75, 3.05) is 19.7 Å². The lowest BCUT2D eigenvalue weighted by atomic mass is 9.92. The van der Waals surface area contributed by atoms with Crippen molar-refractivity contribution < 1.29 is 9.53 Å². The van der Waals surface area contributed by atoms with E-state index in [-0.39, 0.29) is 12.0 Å². The van der Waals surface area contributed by atoms with Gasteiger partial charge >= 0.3 is 5.97 Å². The molecular formula is C15H28N2O2. The quantitative estimate of drug-likeness (QED) is 0.774. The molecule has 2 aliphatic heterocycles. The number of carbonyl (C=O) groups excluding carboxylic acids is 1. The van der Waals surface area contributed by atoms with Gasteiger partial charge in [0.1, 0.15) is 6.04 Å². The van der Waals surface area contributed by atoms with Crippen LogP contribution in [0.1, 0.15) is 52.4 Å². The zero-order valence-corrected chi connectivity index (χ0v) is 12.4. The van der Waals surface area contributed by atoms with Crippen molar-refractivity contribution in [1.82, 2.24) is 10.2 Å². The first-order valence-electron chi connectivity index (χ1n) is 7.93. The largest absolute Gasteiger partial charge is 0.465 e. The van der Waals surface area contributed by atoms with E-state index < -0.39 is 0 Å². The number of nitrogens with one attached hydrogen (secondary N) is 1. The molecule has 2 rings (SSSR count). The van der Waals surface area contributed by atoms with Crippen LogP contribution >= 0.6 is 0 Å². The standard InChI is InChI=1S/C15H28N2O2/c1-3-13(15(18)19-4-2)17-11-6-5-9-14(17)12-8-7-10-16-12/h12-14,16H,3-11H2,1-2H3. The Labute approximate surface area is 116 Å². The predicted octanol–water partition coefficient (Wildman–Crippen LogP) is 1.93. The van der Waals surface area contributed by atoms with Crippen LogP contribution in [-0.4, -0.2) is 48.7 Å². The van der Waals surface area contributed by atoms with Gasteiger partial charge in [-0.25, -0.2) is 0 Å². The van der Waals surface area contributed by atoms with Crippen LogP contribution in [0.4, 0.5) is 0 Å². The maximum absolute atomic E-state index is 12.1. The molecule has 0 aromatic heterocycles. The normalized spacial score (nSPS) is 30.2. The second-order valence-electron chi connectivity index (χ2n) is 5.68. The Morgan fingerprint density at radius 1 is 1.32 bits per heavy atom. The first kappa shape index (κ1) is 14.8. The zero-order valence-electron chi connectivity index (χ0n) is 12.4. The fourth-order valence-electron chi connectivity index (χ4n) is 3.61. The highest BCUT2D eigenvalue weighted by Gasteiger charge is 2.37. The minimum absolute atomic E-state index is 0.0325. The van der Waals surface area contributed by atoms with Gasteiger partial charge in [-0.05, 0) is 52.1 Å². The van der Waals surface area contributed by atoms with E-state index in [9.17, 15) is 4.79 Å². The van der Waals surface area contributed by atoms with Gasteiger partial charge in [0.15, 0.2) is 0 Å². The van der Waals surface area contributed by atoms with Crippen LogP contribution in [0.5, 0.6) is 0 Å². The topological polar surface area (TPSA) is 41.6 Å². The number of likely N-dealkylation sites (tertiary alicyclic amines) is 1. The molecule has 0 radical (unpaired) electrons. The Balaban J connectivity index is 2.05. The van der Waals surface area contributed by atoms with Gasteiger partial charge in [-0.2, -0.15) is 0 Å². The molecule has 0 aromatic carbocycles. The SMILES string of the molecule is CCOC(=O)C(CC)N1CCCCC1C1CCCN1. The van der Waals surface area contributed by atoms with Crippen LogP contribution in [0, 0.1) is 0 Å². The zero-order chi connectivity index (χ0) is 13.7. The molecule has 0 aliphatic carbocycles. The number of ether oxygens (including phenoxy) is 1. The summed E-state index contributed by atoms with van der Waals surface area (Å²) in [7, 11) is 0. The molecule has 3 atom stereocenters. The minimum atomic E-state index is -0.0485. The fourth-order valence-corrected chi connectivity index (χ4v) is 3.61. The van der Waals surface area contributed by atoms with Crippen molar-refractivity contribution in [1.29, 1.82) is 0 Å². The molecule has 110 valence electrons. The predicted molar refractivity (Wildman–Crippen MR) is 76.1 cm³/mol. The lowest BCUT2D eigenvalue weighted by Crippen LogP contribution is -2.56. The highest BCUT2D eigenvalue weighted by Crippen LogP contribution is 2.27. The van der Waals surface area contributed by atoms with Crippen molar-refractivity contribution in [2.45, 2.75) is 70.5 Å². The van der Waals surface area contributed by atoms with Crippen LogP contribution in [0.25, 0.3) is 0 Å². The fraction of sp³-hybridized carbons (Fsp3) is 0.933. The van der Waals surface area contributed by atoms with Crippen LogP contribution in [0.3, 0.4) is 0 Å². The van der Waals surface area contributed by atoms with Gasteiger partial charge in [-0.1, -0.05) is 13.3 Å². The molecule has 0 spiro atoms. The molecule has 2 saturated heterocycles. The van der Waals surface area contributed by atoms with Gasteiger partial charge in [-0.3, -0.25) is 9.69 Å². The molecule has 4 heteroatoms. The number of hydrogen-bond donors (Lipinski definition) is 1. The maximum atomic E-state index is 12.1. The average molecular weight is 268 g/mol. The number of carbonyl (C=O) groups is 1. The Bertz CT molecular complexity index is 290. The Hall–Kier alpha value is -0.610. The maximum Gasteiger partial charge on any atom is 0.323 e. The molecule has 2 aliphatic rings. The van der Waals surface area contributed by atoms with E-state index in [4.69, 9.17) is 4.74 Å². The molecule has 3 unspecified atom stereocenters. The third-order valence-electron chi connectivity index (χ3n) is 4.50. The Morgan fingerprint density at radius 2 is 2.16 bits per heavy atom. The van der Waals surface area contributed by atoms with Crippen LogP contribution in [-0.2, 0) is 9.53 Å². The van der Waals surface area contributed by atoms with Crippen molar-refractivity contribution >= 4 is 5.97 Å². The molecule has 19 heavy (non-hydrogen) atoms. The number of esters is 1. The van der Waals surface area contributed by atoms with Crippen molar-refractivity contribution in [3.05, 3.63) is 0 Å². The second-order valence-corrected chi connectivity index (χ2v) is 5.68. The first-order valence-corrected chi connectivity index (χ1v) is 7.93. The molecule has 0 amide bonds. The van der Waals surface area contributed by atoms with E-state index in [1.54, 1.807) is 0 Å². The first-order chi connectivity index (χ1) is 9.27. The van der Waals surface area contributed by atoms with E-state index in [1.165, 1.54) is 32.1 Å². The van der Waals surface area contributed by atoms with E-state index >= 15 is 0 Å². The molecule has 0 aromatic rings. The van der Waals surface area contributed by atoms with Crippen molar-refractivity contribution in [3.63, 3.8) is 0 Å². The van der Waals surface area contributed by atoms with Gasteiger partial charge in [-0.15, -0.1) is 0 Å². The monoisotopic (exact) mass is 268 g/mol. The third-order valence-corrected chi connectivity index (χ3v) is 4.50. The van der Waals surface area contributed by atoms with Crippen molar-refractivity contribution in [2.24, 2.45) is 0 Å². The summed E-state index contributed by atoms with van der Waals surface area (Å²) in [6, 6.07) is 1.04. The van der Waals surface area contributed by atoms with E-state index in [0.717, 1.165) is 19.5 Å². The lowest BCUT2D eigenvalue weighted by molar-refractivity contribution is -0.151. The number of hydrogen-bond acceptors (Lipinski definition) is 4. The van der Waals surface area contributed by atoms with Crippen LogP contribution < -0.4 is 5.32 Å². The molecule has 2 fully saturated rings. The molecule has 1 N–H and O–H groups in total. The van der Waals surface area contributed by atoms with Gasteiger partial charge in [0, 0.05) is 12.1 Å². The van der Waals surface area contributed by atoms with Crippen molar-refractivity contribution in [3.8, 4) is 0 Å². The summed E-state index contributed by atoms with van der Waals surface area (Å²) in [5.74, 6) is -0.0325. The second kappa shape index (κ2) is 7.25. The summed E-state index contributed by atoms with van der Waals surface area (Å²) in [5.41, 5.74) is 0. The van der Waals surface area contributed by atoms with Gasteiger partial charge in [0.25, 0.3) is 0 Å². The smallest absolute Gasteiger partial charge is 0.323 e. The lowest BCUT2D eigenvalue weighted by Gasteiger charge is -2.42. The molecule has 2 heterocycles. The van der Waals surface area contributed by atoms with E-state index in [0.29, 0.717) is 18.7 Å². The number of rotatable bonds is 5. The van der Waals surface area contributed by atoms with E-state index in [2.05, 4.69) is 17.1 Å². The summed E-state index contributed by atoms with van der Waals surface area (Å²) in [5, 5.41) is 3.61. The summed E-state index contributed by atoms with van der Waals surface area (Å²) in [6.45, 7) is 6.63. The third kappa shape index (κ3) is 3.48. The van der Waals surface area contributed by atoms with Crippen LogP contribution in [0.15, 0.2) is 0 Å². The van der Waals surface area contributed by atoms with Gasteiger partial charge in [0.2, 0.25) is 0 Å². The summed E-state index contributed by atoms with van der Waals surface area (Å²) in [4.78, 5) is 14.6.